The van der Waals surface area contributed by atoms with Gasteiger partial charge in [0.25, 0.3) is 0 Å². The molecule has 0 heterocycles. The van der Waals surface area contributed by atoms with Gasteiger partial charge in [-0.25, -0.2) is 0 Å². The van der Waals surface area contributed by atoms with E-state index < -0.39 is 0 Å². The lowest BCUT2D eigenvalue weighted by atomic mass is 9.98. The third-order valence-electron chi connectivity index (χ3n) is 4.81. The van der Waals surface area contributed by atoms with Crippen molar-refractivity contribution in [3.05, 3.63) is 102 Å². The van der Waals surface area contributed by atoms with Crippen LogP contribution in [0.4, 0.5) is 0 Å². The van der Waals surface area contributed by atoms with Gasteiger partial charge in [-0.15, -0.1) is 0 Å². The number of methoxy groups -OCH3 is 1. The first kappa shape index (κ1) is 20.3. The third-order valence-corrected chi connectivity index (χ3v) is 4.81. The highest BCUT2D eigenvalue weighted by atomic mass is 16.5. The number of nitrogens with one attached hydrogen (secondary N) is 1. The topological polar surface area (TPSA) is 55.4 Å². The molecular weight excluding hydrogens is 362 g/mol. The van der Waals surface area contributed by atoms with Crippen molar-refractivity contribution in [1.29, 1.82) is 0 Å². The molecule has 0 aliphatic heterocycles. The zero-order valence-electron chi connectivity index (χ0n) is 16.5. The summed E-state index contributed by atoms with van der Waals surface area (Å²) in [5.41, 5.74) is 2.78. The molecule has 0 bridgehead atoms. The summed E-state index contributed by atoms with van der Waals surface area (Å²) in [4.78, 5) is 24.9. The second kappa shape index (κ2) is 10.2. The van der Waals surface area contributed by atoms with Gasteiger partial charge in [0.2, 0.25) is 5.91 Å². The molecule has 0 aliphatic carbocycles. The molecule has 1 amide bonds. The van der Waals surface area contributed by atoms with Crippen LogP contribution in [-0.2, 0) is 11.2 Å². The van der Waals surface area contributed by atoms with E-state index >= 15 is 0 Å². The Bertz CT molecular complexity index is 921. The first-order chi connectivity index (χ1) is 14.2. The molecule has 148 valence electrons. The summed E-state index contributed by atoms with van der Waals surface area (Å²) < 4.78 is 5.11. The Morgan fingerprint density at radius 2 is 1.45 bits per heavy atom. The number of hydrogen-bond acceptors (Lipinski definition) is 3. The van der Waals surface area contributed by atoms with Crippen LogP contribution in [0.2, 0.25) is 0 Å². The maximum atomic E-state index is 12.6. The van der Waals surface area contributed by atoms with E-state index in [0.29, 0.717) is 17.7 Å². The zero-order chi connectivity index (χ0) is 20.5. The van der Waals surface area contributed by atoms with Crippen molar-refractivity contribution < 1.29 is 14.3 Å². The first-order valence-electron chi connectivity index (χ1n) is 9.71. The highest BCUT2D eigenvalue weighted by Gasteiger charge is 2.16. The lowest BCUT2D eigenvalue weighted by Crippen LogP contribution is -2.30. The standard InChI is InChI=1S/C25H25NO3/c1-29-22-14-12-21(13-15-22)24(27)16-17-25(28)26-23(20-10-6-3-7-11-20)18-19-8-4-2-5-9-19/h2-15,23H,16-18H2,1H3,(H,26,28). The predicted octanol–water partition coefficient (Wildman–Crippen LogP) is 4.76. The van der Waals surface area contributed by atoms with Gasteiger partial charge in [0.1, 0.15) is 5.75 Å². The minimum Gasteiger partial charge on any atom is -0.497 e. The van der Waals surface area contributed by atoms with E-state index in [0.717, 1.165) is 11.1 Å². The van der Waals surface area contributed by atoms with Gasteiger partial charge in [-0.2, -0.15) is 0 Å². The van der Waals surface area contributed by atoms with Crippen LogP contribution in [0.3, 0.4) is 0 Å². The Hall–Kier alpha value is -3.40. The first-order valence-corrected chi connectivity index (χ1v) is 9.71. The SMILES string of the molecule is COc1ccc(C(=O)CCC(=O)NC(Cc2ccccc2)c2ccccc2)cc1. The molecular formula is C25H25NO3. The van der Waals surface area contributed by atoms with E-state index in [2.05, 4.69) is 17.4 Å². The monoisotopic (exact) mass is 387 g/mol. The van der Waals surface area contributed by atoms with Crippen molar-refractivity contribution in [3.8, 4) is 5.75 Å². The molecule has 0 saturated heterocycles. The molecule has 0 saturated carbocycles. The summed E-state index contributed by atoms with van der Waals surface area (Å²) in [5, 5.41) is 3.10. The van der Waals surface area contributed by atoms with Crippen molar-refractivity contribution in [2.45, 2.75) is 25.3 Å². The minimum absolute atomic E-state index is 0.0536. The van der Waals surface area contributed by atoms with Gasteiger partial charge in [0.15, 0.2) is 5.78 Å². The van der Waals surface area contributed by atoms with Crippen LogP contribution in [0, 0.1) is 0 Å². The molecule has 1 unspecified atom stereocenters. The van der Waals surface area contributed by atoms with Crippen molar-refractivity contribution in [1.82, 2.24) is 5.32 Å². The number of ketones is 1. The van der Waals surface area contributed by atoms with E-state index in [1.54, 1.807) is 31.4 Å². The fourth-order valence-corrected chi connectivity index (χ4v) is 3.20. The van der Waals surface area contributed by atoms with Gasteiger partial charge >= 0.3 is 0 Å². The van der Waals surface area contributed by atoms with Crippen LogP contribution in [0.15, 0.2) is 84.9 Å². The number of benzene rings is 3. The molecule has 0 aromatic heterocycles. The average molecular weight is 387 g/mol. The summed E-state index contributed by atoms with van der Waals surface area (Å²) in [7, 11) is 1.58. The maximum absolute atomic E-state index is 12.6. The lowest BCUT2D eigenvalue weighted by molar-refractivity contribution is -0.121. The van der Waals surface area contributed by atoms with Gasteiger partial charge in [0, 0.05) is 18.4 Å². The number of hydrogen-bond donors (Lipinski definition) is 1. The van der Waals surface area contributed by atoms with E-state index in [4.69, 9.17) is 4.74 Å². The largest absolute Gasteiger partial charge is 0.497 e. The second-order valence-corrected chi connectivity index (χ2v) is 6.87. The molecule has 29 heavy (non-hydrogen) atoms. The number of amides is 1. The Morgan fingerprint density at radius 3 is 2.07 bits per heavy atom. The van der Waals surface area contributed by atoms with Crippen LogP contribution >= 0.6 is 0 Å². The fourth-order valence-electron chi connectivity index (χ4n) is 3.20. The molecule has 0 fully saturated rings. The van der Waals surface area contributed by atoms with Gasteiger partial charge < -0.3 is 10.1 Å². The molecule has 3 aromatic rings. The molecule has 4 heteroatoms. The Kier molecular flexibility index (Phi) is 7.17. The van der Waals surface area contributed by atoms with E-state index in [9.17, 15) is 9.59 Å². The lowest BCUT2D eigenvalue weighted by Gasteiger charge is -2.19. The molecule has 4 nitrogen and oxygen atoms in total. The van der Waals surface area contributed by atoms with Crippen molar-refractivity contribution in [2.24, 2.45) is 0 Å². The number of carbonyl (C=O) groups is 2. The maximum Gasteiger partial charge on any atom is 0.220 e. The normalized spacial score (nSPS) is 11.5. The molecule has 1 atom stereocenters. The van der Waals surface area contributed by atoms with Crippen molar-refractivity contribution >= 4 is 11.7 Å². The zero-order valence-corrected chi connectivity index (χ0v) is 16.5. The Labute approximate surface area is 171 Å². The summed E-state index contributed by atoms with van der Waals surface area (Å²) in [5.74, 6) is 0.518. The summed E-state index contributed by atoms with van der Waals surface area (Å²) in [6.45, 7) is 0. The van der Waals surface area contributed by atoms with E-state index in [1.807, 2.05) is 48.5 Å². The highest BCUT2D eigenvalue weighted by Crippen LogP contribution is 2.19. The van der Waals surface area contributed by atoms with Gasteiger partial charge in [0.05, 0.1) is 13.2 Å². The number of Topliss-reactive ketones (excluding diaryl/α,β-unsaturated/α-hetero) is 1. The van der Waals surface area contributed by atoms with Crippen LogP contribution in [0.25, 0.3) is 0 Å². The minimum atomic E-state index is -0.137. The smallest absolute Gasteiger partial charge is 0.220 e. The van der Waals surface area contributed by atoms with Crippen LogP contribution in [-0.4, -0.2) is 18.8 Å². The average Bonchev–Trinajstić information content (AvgIpc) is 2.78. The van der Waals surface area contributed by atoms with Gasteiger partial charge in [-0.3, -0.25) is 9.59 Å². The predicted molar refractivity (Wildman–Crippen MR) is 114 cm³/mol. The fraction of sp³-hybridized carbons (Fsp3) is 0.200. The van der Waals surface area contributed by atoms with Crippen molar-refractivity contribution in [3.63, 3.8) is 0 Å². The molecule has 0 aliphatic rings. The summed E-state index contributed by atoms with van der Waals surface area (Å²) in [6, 6.07) is 26.8. The van der Waals surface area contributed by atoms with Crippen LogP contribution < -0.4 is 10.1 Å². The molecule has 3 aromatic carbocycles. The Morgan fingerprint density at radius 1 is 0.828 bits per heavy atom. The summed E-state index contributed by atoms with van der Waals surface area (Å²) >= 11 is 0. The molecule has 0 spiro atoms. The number of ether oxygens (including phenoxy) is 1. The molecule has 3 rings (SSSR count). The third kappa shape index (κ3) is 6.04. The number of carbonyl (C=O) groups excluding carboxylic acids is 2. The van der Waals surface area contributed by atoms with E-state index in [1.165, 1.54) is 0 Å². The molecule has 0 radical (unpaired) electrons. The Balaban J connectivity index is 1.61. The van der Waals surface area contributed by atoms with Crippen LogP contribution in [0.1, 0.15) is 40.4 Å². The van der Waals surface area contributed by atoms with Crippen LogP contribution in [0.5, 0.6) is 5.75 Å². The molecule has 1 N–H and O–H groups in total. The summed E-state index contributed by atoms with van der Waals surface area (Å²) in [6.07, 6.45) is 1.02. The van der Waals surface area contributed by atoms with E-state index in [-0.39, 0.29) is 30.6 Å². The van der Waals surface area contributed by atoms with Gasteiger partial charge in [-0.05, 0) is 41.8 Å². The second-order valence-electron chi connectivity index (χ2n) is 6.87. The highest BCUT2D eigenvalue weighted by molar-refractivity contribution is 5.98. The van der Waals surface area contributed by atoms with Gasteiger partial charge in [-0.1, -0.05) is 60.7 Å². The van der Waals surface area contributed by atoms with Crippen molar-refractivity contribution in [2.75, 3.05) is 7.11 Å². The number of rotatable bonds is 9. The quantitative estimate of drug-likeness (QED) is 0.539.